The molecule has 0 spiro atoms. The Morgan fingerprint density at radius 3 is 2.67 bits per heavy atom. The molecular weight excluding hydrogens is 432 g/mol. The molecular formula is C17H13BrF4N4O. The molecule has 0 radical (unpaired) electrons. The smallest absolute Gasteiger partial charge is 0.345 e. The number of nitrogens with zero attached hydrogens (tertiary/aromatic N) is 3. The number of benzene rings is 1. The molecule has 2 heterocycles. The van der Waals surface area contributed by atoms with Crippen LogP contribution < -0.4 is 5.32 Å². The fourth-order valence-electron chi connectivity index (χ4n) is 2.65. The SMILES string of the molecule is Cc1nnc2c(Br)cc(C(=O)N[C@H](C)c3cccc(C(F)(F)F)c3F)cn12. The van der Waals surface area contributed by atoms with Gasteiger partial charge in [-0.05, 0) is 41.9 Å². The van der Waals surface area contributed by atoms with E-state index in [2.05, 4.69) is 31.4 Å². The van der Waals surface area contributed by atoms with Crippen molar-refractivity contribution in [2.75, 3.05) is 0 Å². The summed E-state index contributed by atoms with van der Waals surface area (Å²) in [4.78, 5) is 12.5. The second-order valence-electron chi connectivity index (χ2n) is 5.92. The standard InChI is InChI=1S/C17H13BrF4N4O/c1-8(11-4-3-5-12(14(11)19)17(20,21)22)23-16(27)10-6-13(18)15-25-24-9(2)26(15)7-10/h3-8H,1-2H3,(H,23,27)/t8-/m1/s1. The Hall–Kier alpha value is -2.49. The zero-order valence-corrected chi connectivity index (χ0v) is 15.7. The highest BCUT2D eigenvalue weighted by molar-refractivity contribution is 9.10. The van der Waals surface area contributed by atoms with Gasteiger partial charge in [0.1, 0.15) is 11.6 Å². The number of carbonyl (C=O) groups excluding carboxylic acids is 1. The van der Waals surface area contributed by atoms with Crippen LogP contribution in [0.25, 0.3) is 5.65 Å². The monoisotopic (exact) mass is 444 g/mol. The summed E-state index contributed by atoms with van der Waals surface area (Å²) < 4.78 is 55.0. The van der Waals surface area contributed by atoms with Crippen LogP contribution in [0.3, 0.4) is 0 Å². The van der Waals surface area contributed by atoms with Crippen molar-refractivity contribution in [3.8, 4) is 0 Å². The maximum Gasteiger partial charge on any atom is 0.419 e. The summed E-state index contributed by atoms with van der Waals surface area (Å²) in [5, 5.41) is 10.4. The van der Waals surface area contributed by atoms with Gasteiger partial charge < -0.3 is 5.32 Å². The summed E-state index contributed by atoms with van der Waals surface area (Å²) in [5.74, 6) is -1.42. The molecule has 2 aromatic heterocycles. The van der Waals surface area contributed by atoms with E-state index in [0.717, 1.165) is 6.07 Å². The summed E-state index contributed by atoms with van der Waals surface area (Å²) in [6.07, 6.45) is -3.31. The van der Waals surface area contributed by atoms with Crippen molar-refractivity contribution in [1.29, 1.82) is 0 Å². The van der Waals surface area contributed by atoms with Crippen LogP contribution in [0, 0.1) is 12.7 Å². The first kappa shape index (κ1) is 19.3. The van der Waals surface area contributed by atoms with Crippen LogP contribution in [0.4, 0.5) is 17.6 Å². The molecule has 0 saturated heterocycles. The third kappa shape index (κ3) is 3.66. The third-order valence-electron chi connectivity index (χ3n) is 4.04. The average Bonchev–Trinajstić information content (AvgIpc) is 2.95. The van der Waals surface area contributed by atoms with Crippen LogP contribution in [-0.4, -0.2) is 20.5 Å². The predicted octanol–water partition coefficient (Wildman–Crippen LogP) is 4.45. The highest BCUT2D eigenvalue weighted by Gasteiger charge is 2.35. The molecule has 1 aromatic carbocycles. The van der Waals surface area contributed by atoms with Gasteiger partial charge in [-0.15, -0.1) is 10.2 Å². The first-order valence-corrected chi connectivity index (χ1v) is 8.56. The van der Waals surface area contributed by atoms with Gasteiger partial charge >= 0.3 is 6.18 Å². The molecule has 1 N–H and O–H groups in total. The lowest BCUT2D eigenvalue weighted by Crippen LogP contribution is -2.28. The van der Waals surface area contributed by atoms with E-state index >= 15 is 0 Å². The Bertz CT molecular complexity index is 1030. The van der Waals surface area contributed by atoms with Gasteiger partial charge in [-0.2, -0.15) is 13.2 Å². The lowest BCUT2D eigenvalue weighted by atomic mass is 10.0. The molecule has 3 aromatic rings. The quantitative estimate of drug-likeness (QED) is 0.607. The number of aromatic nitrogens is 3. The van der Waals surface area contributed by atoms with Gasteiger partial charge in [0.25, 0.3) is 5.91 Å². The van der Waals surface area contributed by atoms with Crippen molar-refractivity contribution in [3.05, 3.63) is 63.3 Å². The van der Waals surface area contributed by atoms with Crippen LogP contribution in [0.5, 0.6) is 0 Å². The molecule has 1 amide bonds. The largest absolute Gasteiger partial charge is 0.419 e. The first-order valence-electron chi connectivity index (χ1n) is 7.77. The molecule has 5 nitrogen and oxygen atoms in total. The molecule has 3 rings (SSSR count). The number of aryl methyl sites for hydroxylation is 1. The summed E-state index contributed by atoms with van der Waals surface area (Å²) in [7, 11) is 0. The number of amides is 1. The van der Waals surface area contributed by atoms with Gasteiger partial charge in [0, 0.05) is 11.8 Å². The van der Waals surface area contributed by atoms with E-state index in [1.807, 2.05) is 0 Å². The maximum atomic E-state index is 14.3. The van der Waals surface area contributed by atoms with Gasteiger partial charge in [0.05, 0.1) is 21.6 Å². The van der Waals surface area contributed by atoms with Crippen molar-refractivity contribution in [3.63, 3.8) is 0 Å². The second-order valence-corrected chi connectivity index (χ2v) is 6.77. The topological polar surface area (TPSA) is 59.3 Å². The van der Waals surface area contributed by atoms with Crippen molar-refractivity contribution in [2.45, 2.75) is 26.1 Å². The molecule has 0 unspecified atom stereocenters. The molecule has 0 fully saturated rings. The third-order valence-corrected chi connectivity index (χ3v) is 4.62. The number of pyridine rings is 1. The van der Waals surface area contributed by atoms with Crippen LogP contribution in [-0.2, 0) is 6.18 Å². The Morgan fingerprint density at radius 2 is 2.00 bits per heavy atom. The van der Waals surface area contributed by atoms with Crippen LogP contribution >= 0.6 is 15.9 Å². The van der Waals surface area contributed by atoms with Gasteiger partial charge in [0.15, 0.2) is 5.65 Å². The Kier molecular flexibility index (Phi) is 4.94. The lowest BCUT2D eigenvalue weighted by molar-refractivity contribution is -0.140. The van der Waals surface area contributed by atoms with E-state index in [9.17, 15) is 22.4 Å². The molecule has 27 heavy (non-hydrogen) atoms. The van der Waals surface area contributed by atoms with E-state index in [-0.39, 0.29) is 11.1 Å². The first-order chi connectivity index (χ1) is 12.6. The minimum absolute atomic E-state index is 0.219. The summed E-state index contributed by atoms with van der Waals surface area (Å²) in [5.41, 5.74) is -0.887. The number of hydrogen-bond acceptors (Lipinski definition) is 3. The lowest BCUT2D eigenvalue weighted by Gasteiger charge is -2.18. The Morgan fingerprint density at radius 1 is 1.30 bits per heavy atom. The van der Waals surface area contributed by atoms with Crippen molar-refractivity contribution in [2.24, 2.45) is 0 Å². The average molecular weight is 445 g/mol. The molecule has 0 bridgehead atoms. The number of fused-ring (bicyclic) bond motifs is 1. The van der Waals surface area contributed by atoms with Gasteiger partial charge in [-0.3, -0.25) is 9.20 Å². The fourth-order valence-corrected chi connectivity index (χ4v) is 3.17. The maximum absolute atomic E-state index is 14.3. The van der Waals surface area contributed by atoms with Crippen LogP contribution in [0.2, 0.25) is 0 Å². The minimum Gasteiger partial charge on any atom is -0.345 e. The van der Waals surface area contributed by atoms with Gasteiger partial charge in [0.2, 0.25) is 0 Å². The highest BCUT2D eigenvalue weighted by atomic mass is 79.9. The number of halogens is 5. The number of carbonyl (C=O) groups is 1. The van der Waals surface area contributed by atoms with Crippen LogP contribution in [0.1, 0.15) is 40.3 Å². The number of hydrogen-bond donors (Lipinski definition) is 1. The summed E-state index contributed by atoms with van der Waals surface area (Å²) >= 11 is 3.30. The zero-order chi connectivity index (χ0) is 19.9. The normalized spacial score (nSPS) is 13.0. The molecule has 142 valence electrons. The molecule has 0 saturated carbocycles. The predicted molar refractivity (Wildman–Crippen MR) is 92.7 cm³/mol. The van der Waals surface area contributed by atoms with Crippen molar-refractivity contribution < 1.29 is 22.4 Å². The minimum atomic E-state index is -4.81. The molecule has 0 aliphatic rings. The fraction of sp³-hybridized carbons (Fsp3) is 0.235. The van der Waals surface area contributed by atoms with E-state index in [0.29, 0.717) is 22.0 Å². The van der Waals surface area contributed by atoms with Gasteiger partial charge in [-0.1, -0.05) is 12.1 Å². The molecule has 0 aliphatic carbocycles. The summed E-state index contributed by atoms with van der Waals surface area (Å²) in [6, 6.07) is 3.50. The van der Waals surface area contributed by atoms with Crippen molar-refractivity contribution in [1.82, 2.24) is 19.9 Å². The van der Waals surface area contributed by atoms with E-state index in [1.165, 1.54) is 25.3 Å². The molecule has 0 aliphatic heterocycles. The number of nitrogens with one attached hydrogen (secondary N) is 1. The Balaban J connectivity index is 1.90. The van der Waals surface area contributed by atoms with Crippen LogP contribution in [0.15, 0.2) is 34.9 Å². The summed E-state index contributed by atoms with van der Waals surface area (Å²) in [6.45, 7) is 3.11. The van der Waals surface area contributed by atoms with Crippen molar-refractivity contribution >= 4 is 27.5 Å². The molecule has 10 heteroatoms. The number of alkyl halides is 3. The van der Waals surface area contributed by atoms with E-state index in [4.69, 9.17) is 0 Å². The number of rotatable bonds is 3. The highest BCUT2D eigenvalue weighted by Crippen LogP contribution is 2.34. The second kappa shape index (κ2) is 6.91. The Labute approximate surface area is 159 Å². The van der Waals surface area contributed by atoms with Gasteiger partial charge in [-0.25, -0.2) is 4.39 Å². The molecule has 1 atom stereocenters. The zero-order valence-electron chi connectivity index (χ0n) is 14.1. The van der Waals surface area contributed by atoms with E-state index in [1.54, 1.807) is 11.3 Å². The van der Waals surface area contributed by atoms with E-state index < -0.39 is 29.5 Å².